The van der Waals surface area contributed by atoms with E-state index in [0.29, 0.717) is 31.2 Å². The van der Waals surface area contributed by atoms with Gasteiger partial charge in [0.15, 0.2) is 0 Å². The Morgan fingerprint density at radius 2 is 1.93 bits per heavy atom. The van der Waals surface area contributed by atoms with Crippen LogP contribution >= 0.6 is 0 Å². The molecule has 2 saturated heterocycles. The van der Waals surface area contributed by atoms with E-state index < -0.39 is 12.1 Å². The van der Waals surface area contributed by atoms with Crippen LogP contribution in [-0.2, 0) is 9.47 Å². The highest BCUT2D eigenvalue weighted by Crippen LogP contribution is 2.24. The number of nitrogens with one attached hydrogen (secondary N) is 2. The normalized spacial score (nSPS) is 17.4. The average Bonchev–Trinajstić information content (AvgIpc) is 3.17. The molecule has 1 aromatic carbocycles. The van der Waals surface area contributed by atoms with Gasteiger partial charge in [-0.1, -0.05) is 12.1 Å². The number of urea groups is 1. The molecule has 0 saturated carbocycles. The molecule has 2 fully saturated rings. The van der Waals surface area contributed by atoms with Crippen LogP contribution in [0.5, 0.6) is 0 Å². The lowest BCUT2D eigenvalue weighted by Crippen LogP contribution is -2.46. The number of para-hydroxylation sites is 1. The molecule has 0 unspecified atom stereocenters. The zero-order valence-corrected chi connectivity index (χ0v) is 16.0. The minimum absolute atomic E-state index is 0.252. The molecule has 0 aliphatic carbocycles. The topological polar surface area (TPSA) is 100 Å². The Labute approximate surface area is 163 Å². The van der Waals surface area contributed by atoms with Crippen molar-refractivity contribution in [2.24, 2.45) is 0 Å². The number of anilines is 1. The third kappa shape index (κ3) is 4.72. The average molecular weight is 390 g/mol. The fourth-order valence-electron chi connectivity index (χ4n) is 3.48. The van der Waals surface area contributed by atoms with Gasteiger partial charge in [0.25, 0.3) is 0 Å². The number of methoxy groups -OCH3 is 1. The van der Waals surface area contributed by atoms with Gasteiger partial charge >= 0.3 is 18.1 Å². The highest BCUT2D eigenvalue weighted by Gasteiger charge is 2.28. The Morgan fingerprint density at radius 1 is 1.18 bits per heavy atom. The number of piperidine rings is 1. The summed E-state index contributed by atoms with van der Waals surface area (Å²) in [5.41, 5.74) is 1.48. The van der Waals surface area contributed by atoms with Crippen LogP contribution in [-0.4, -0.2) is 75.5 Å². The van der Waals surface area contributed by atoms with Crippen molar-refractivity contribution in [3.8, 4) is 0 Å². The number of esters is 1. The van der Waals surface area contributed by atoms with Crippen LogP contribution in [0.15, 0.2) is 24.3 Å². The first-order valence-electron chi connectivity index (χ1n) is 9.48. The van der Waals surface area contributed by atoms with E-state index in [-0.39, 0.29) is 12.6 Å². The summed E-state index contributed by atoms with van der Waals surface area (Å²) in [5.74, 6) is -0.325. The number of amides is 3. The Balaban J connectivity index is 1.40. The standard InChI is InChI=1S/C19H26N4O5/c1-27-17(24)15-4-2-3-5-16(15)22-10-6-14(7-11-22)20-8-9-21-18(25)23-12-13-28-19(23)26/h2-5,14,20H,6-13H2,1H3,(H,21,25). The molecule has 9 nitrogen and oxygen atoms in total. The minimum atomic E-state index is -0.593. The summed E-state index contributed by atoms with van der Waals surface area (Å²) in [7, 11) is 1.39. The van der Waals surface area contributed by atoms with E-state index in [2.05, 4.69) is 15.5 Å². The molecular weight excluding hydrogens is 364 g/mol. The number of carbonyl (C=O) groups excluding carboxylic acids is 3. The van der Waals surface area contributed by atoms with Gasteiger partial charge < -0.3 is 25.0 Å². The number of hydrogen-bond donors (Lipinski definition) is 2. The van der Waals surface area contributed by atoms with Crippen molar-refractivity contribution in [1.82, 2.24) is 15.5 Å². The van der Waals surface area contributed by atoms with Gasteiger partial charge in [0.2, 0.25) is 0 Å². The first-order chi connectivity index (χ1) is 13.6. The minimum Gasteiger partial charge on any atom is -0.465 e. The van der Waals surface area contributed by atoms with E-state index in [1.165, 1.54) is 7.11 Å². The number of carbonyl (C=O) groups is 3. The summed E-state index contributed by atoms with van der Waals surface area (Å²) in [5, 5.41) is 6.15. The van der Waals surface area contributed by atoms with Crippen molar-refractivity contribution in [2.45, 2.75) is 18.9 Å². The van der Waals surface area contributed by atoms with Gasteiger partial charge in [-0.3, -0.25) is 0 Å². The van der Waals surface area contributed by atoms with E-state index in [1.54, 1.807) is 6.07 Å². The predicted molar refractivity (Wildman–Crippen MR) is 102 cm³/mol. The summed E-state index contributed by atoms with van der Waals surface area (Å²) < 4.78 is 9.61. The smallest absolute Gasteiger partial charge is 0.418 e. The molecule has 0 spiro atoms. The second kappa shape index (κ2) is 9.41. The summed E-state index contributed by atoms with van der Waals surface area (Å²) in [6, 6.07) is 7.41. The van der Waals surface area contributed by atoms with Crippen molar-refractivity contribution in [3.63, 3.8) is 0 Å². The van der Waals surface area contributed by atoms with E-state index in [1.807, 2.05) is 18.2 Å². The summed E-state index contributed by atoms with van der Waals surface area (Å²) in [6.45, 7) is 3.27. The summed E-state index contributed by atoms with van der Waals surface area (Å²) >= 11 is 0. The third-order valence-corrected chi connectivity index (χ3v) is 4.99. The monoisotopic (exact) mass is 390 g/mol. The van der Waals surface area contributed by atoms with Crippen LogP contribution in [0.1, 0.15) is 23.2 Å². The van der Waals surface area contributed by atoms with Crippen molar-refractivity contribution in [2.75, 3.05) is 51.3 Å². The largest absolute Gasteiger partial charge is 0.465 e. The second-order valence-electron chi connectivity index (χ2n) is 6.72. The Hall–Kier alpha value is -2.81. The molecule has 0 aromatic heterocycles. The molecule has 28 heavy (non-hydrogen) atoms. The lowest BCUT2D eigenvalue weighted by Gasteiger charge is -2.34. The maximum atomic E-state index is 12.0. The van der Waals surface area contributed by atoms with Crippen LogP contribution in [0, 0.1) is 0 Å². The Morgan fingerprint density at radius 3 is 2.61 bits per heavy atom. The van der Waals surface area contributed by atoms with Crippen molar-refractivity contribution in [1.29, 1.82) is 0 Å². The van der Waals surface area contributed by atoms with Gasteiger partial charge in [-0.2, -0.15) is 0 Å². The fourth-order valence-corrected chi connectivity index (χ4v) is 3.48. The van der Waals surface area contributed by atoms with E-state index in [9.17, 15) is 14.4 Å². The van der Waals surface area contributed by atoms with Gasteiger partial charge in [-0.15, -0.1) is 0 Å². The molecule has 152 valence electrons. The molecule has 0 bridgehead atoms. The molecule has 2 aliphatic heterocycles. The van der Waals surface area contributed by atoms with Gasteiger partial charge in [-0.25, -0.2) is 19.3 Å². The van der Waals surface area contributed by atoms with E-state index in [0.717, 1.165) is 36.5 Å². The molecule has 2 heterocycles. The van der Waals surface area contributed by atoms with E-state index >= 15 is 0 Å². The summed E-state index contributed by atoms with van der Waals surface area (Å²) in [4.78, 5) is 38.4. The van der Waals surface area contributed by atoms with Crippen LogP contribution < -0.4 is 15.5 Å². The van der Waals surface area contributed by atoms with E-state index in [4.69, 9.17) is 9.47 Å². The third-order valence-electron chi connectivity index (χ3n) is 4.99. The number of benzene rings is 1. The van der Waals surface area contributed by atoms with Crippen LogP contribution in [0.25, 0.3) is 0 Å². The van der Waals surface area contributed by atoms with Crippen LogP contribution in [0.2, 0.25) is 0 Å². The number of cyclic esters (lactones) is 1. The number of imide groups is 1. The van der Waals surface area contributed by atoms with Crippen molar-refractivity contribution in [3.05, 3.63) is 29.8 Å². The maximum absolute atomic E-state index is 12.0. The molecule has 0 atom stereocenters. The van der Waals surface area contributed by atoms with Gasteiger partial charge in [0.1, 0.15) is 6.61 Å². The second-order valence-corrected chi connectivity index (χ2v) is 6.72. The van der Waals surface area contributed by atoms with Gasteiger partial charge in [-0.05, 0) is 25.0 Å². The summed E-state index contributed by atoms with van der Waals surface area (Å²) in [6.07, 6.45) is 1.27. The number of rotatable bonds is 6. The van der Waals surface area contributed by atoms with Gasteiger partial charge in [0, 0.05) is 32.2 Å². The lowest BCUT2D eigenvalue weighted by molar-refractivity contribution is 0.0601. The zero-order chi connectivity index (χ0) is 19.9. The highest BCUT2D eigenvalue weighted by molar-refractivity contribution is 5.95. The maximum Gasteiger partial charge on any atom is 0.418 e. The molecule has 3 amide bonds. The number of hydrogen-bond acceptors (Lipinski definition) is 7. The molecular formula is C19H26N4O5. The quantitative estimate of drug-likeness (QED) is 0.556. The van der Waals surface area contributed by atoms with Crippen molar-refractivity contribution >= 4 is 23.8 Å². The van der Waals surface area contributed by atoms with Gasteiger partial charge in [0.05, 0.1) is 24.9 Å². The number of nitrogens with zero attached hydrogens (tertiary/aromatic N) is 2. The van der Waals surface area contributed by atoms with Crippen LogP contribution in [0.3, 0.4) is 0 Å². The Kier molecular flexibility index (Phi) is 6.70. The SMILES string of the molecule is COC(=O)c1ccccc1N1CCC(NCCNC(=O)N2CCOC2=O)CC1. The molecule has 1 aromatic rings. The number of ether oxygens (including phenoxy) is 2. The fraction of sp³-hybridized carbons (Fsp3) is 0.526. The molecule has 2 aliphatic rings. The molecule has 3 rings (SSSR count). The predicted octanol–water partition coefficient (Wildman–Crippen LogP) is 1.19. The van der Waals surface area contributed by atoms with Crippen molar-refractivity contribution < 1.29 is 23.9 Å². The first kappa shape index (κ1) is 19.9. The van der Waals surface area contributed by atoms with Crippen LogP contribution in [0.4, 0.5) is 15.3 Å². The molecule has 0 radical (unpaired) electrons. The highest BCUT2D eigenvalue weighted by atomic mass is 16.6. The zero-order valence-electron chi connectivity index (χ0n) is 16.0. The first-order valence-corrected chi connectivity index (χ1v) is 9.48. The molecule has 9 heteroatoms. The lowest BCUT2D eigenvalue weighted by atomic mass is 10.0. The molecule has 2 N–H and O–H groups in total. The Bertz CT molecular complexity index is 718.